The number of phenolic OH excluding ortho intramolecular Hbond substituents is 1. The lowest BCUT2D eigenvalue weighted by Crippen LogP contribution is -2.63. The van der Waals surface area contributed by atoms with E-state index in [0.29, 0.717) is 12.1 Å². The number of pyridine rings is 1. The van der Waals surface area contributed by atoms with Crippen LogP contribution in [0.15, 0.2) is 59.2 Å². The highest BCUT2D eigenvalue weighted by Crippen LogP contribution is 2.52. The quantitative estimate of drug-likeness (QED) is 0.166. The van der Waals surface area contributed by atoms with Crippen LogP contribution in [0, 0.1) is 11.8 Å². The number of phenols is 1. The van der Waals surface area contributed by atoms with Gasteiger partial charge in [-0.3, -0.25) is 29.1 Å². The number of aliphatic hydroxyl groups excluding tert-OH is 2. The van der Waals surface area contributed by atoms with Gasteiger partial charge in [-0.15, -0.1) is 24.8 Å². The van der Waals surface area contributed by atoms with Gasteiger partial charge < -0.3 is 36.8 Å². The molecule has 0 radical (unpaired) electrons. The molecule has 0 fully saturated rings. The lowest BCUT2D eigenvalue weighted by Gasteiger charge is -2.50. The number of nitrogens with zero attached hydrogens (tertiary/aromatic N) is 2. The van der Waals surface area contributed by atoms with E-state index in [1.165, 1.54) is 11.0 Å². The highest BCUT2D eigenvalue weighted by Gasteiger charge is 2.63. The molecule has 3 aliphatic rings. The molecule has 0 spiro atoms. The lowest BCUT2D eigenvalue weighted by molar-refractivity contribution is -0.148. The molecule has 8 N–H and O–H groups in total. The van der Waals surface area contributed by atoms with Crippen molar-refractivity contribution in [3.05, 3.63) is 76.0 Å². The number of likely N-dealkylation sites (N-methyl/N-ethyl adjacent to an activating group) is 1. The van der Waals surface area contributed by atoms with Crippen LogP contribution in [0.5, 0.6) is 5.75 Å². The second-order valence-electron chi connectivity index (χ2n) is 10.9. The SMILES string of the molecule is CN(C)[C@@H]1C(O)=C(C(N)=O)C(=O)C2(O)C(O)=C3C(=O)c4c(ccc(NC(=O)CNCc5ccccn5)c4O)CC3CC12.Cl.Cl. The molecule has 2 aromatic rings. The van der Waals surface area contributed by atoms with Crippen LogP contribution in [0.2, 0.25) is 0 Å². The van der Waals surface area contributed by atoms with E-state index in [1.54, 1.807) is 38.5 Å². The molecule has 1 aromatic heterocycles. The molecule has 3 unspecified atom stereocenters. The van der Waals surface area contributed by atoms with Crippen LogP contribution in [-0.2, 0) is 27.3 Å². The van der Waals surface area contributed by atoms with Gasteiger partial charge in [0.25, 0.3) is 5.91 Å². The van der Waals surface area contributed by atoms with Gasteiger partial charge in [-0.1, -0.05) is 12.1 Å². The minimum atomic E-state index is -2.72. The third kappa shape index (κ3) is 5.53. The molecule has 0 aliphatic heterocycles. The number of rotatable bonds is 7. The zero-order chi connectivity index (χ0) is 30.5. The van der Waals surface area contributed by atoms with Crippen LogP contribution in [0.3, 0.4) is 0 Å². The number of hydrogen-bond donors (Lipinski definition) is 7. The Bertz CT molecular complexity index is 1580. The zero-order valence-electron chi connectivity index (χ0n) is 23.7. The first-order chi connectivity index (χ1) is 19.9. The number of aliphatic hydroxyl groups is 3. The number of allylic oxidation sites excluding steroid dienone is 1. The molecule has 5 rings (SSSR count). The molecule has 15 heteroatoms. The van der Waals surface area contributed by atoms with Crippen molar-refractivity contribution >= 4 is 53.9 Å². The normalized spacial score (nSPS) is 24.0. The third-order valence-corrected chi connectivity index (χ3v) is 8.19. The number of nitrogens with one attached hydrogen (secondary N) is 2. The van der Waals surface area contributed by atoms with E-state index in [4.69, 9.17) is 5.73 Å². The topological polar surface area (TPSA) is 215 Å². The number of carbonyl (C=O) groups is 4. The van der Waals surface area contributed by atoms with Crippen molar-refractivity contribution in [1.29, 1.82) is 0 Å². The van der Waals surface area contributed by atoms with E-state index in [9.17, 15) is 39.6 Å². The van der Waals surface area contributed by atoms with Crippen molar-refractivity contribution in [2.45, 2.75) is 31.0 Å². The fourth-order valence-electron chi connectivity index (χ4n) is 6.33. The number of fused-ring (bicyclic) bond motifs is 3. The van der Waals surface area contributed by atoms with Gasteiger partial charge in [0, 0.05) is 24.2 Å². The molecule has 0 saturated carbocycles. The number of aromatic hydroxyl groups is 1. The number of Topliss-reactive ketones (excluding diaryl/α,β-unsaturated/α-hetero) is 2. The Kier molecular flexibility index (Phi) is 10.1. The van der Waals surface area contributed by atoms with Crippen LogP contribution < -0.4 is 16.4 Å². The number of ketones is 2. The number of benzene rings is 1. The summed E-state index contributed by atoms with van der Waals surface area (Å²) in [6.07, 6.45) is 1.78. The number of anilines is 1. The maximum atomic E-state index is 13.8. The van der Waals surface area contributed by atoms with Gasteiger partial charge in [-0.25, -0.2) is 0 Å². The van der Waals surface area contributed by atoms with Crippen molar-refractivity contribution in [2.24, 2.45) is 17.6 Å². The molecule has 0 saturated heterocycles. The summed E-state index contributed by atoms with van der Waals surface area (Å²) in [7, 11) is 3.13. The van der Waals surface area contributed by atoms with E-state index in [-0.39, 0.29) is 61.0 Å². The predicted octanol–water partition coefficient (Wildman–Crippen LogP) is 1.09. The first kappa shape index (κ1) is 34.5. The highest BCUT2D eigenvalue weighted by atomic mass is 35.5. The van der Waals surface area contributed by atoms with Crippen molar-refractivity contribution in [2.75, 3.05) is 26.0 Å². The Hall–Kier alpha value is -4.01. The van der Waals surface area contributed by atoms with Crippen LogP contribution in [0.1, 0.15) is 28.0 Å². The highest BCUT2D eigenvalue weighted by molar-refractivity contribution is 6.25. The Morgan fingerprint density at radius 2 is 1.82 bits per heavy atom. The second-order valence-corrected chi connectivity index (χ2v) is 10.9. The molecular weight excluding hydrogens is 617 g/mol. The minimum absolute atomic E-state index is 0. The molecule has 236 valence electrons. The van der Waals surface area contributed by atoms with Gasteiger partial charge in [0.1, 0.15) is 17.1 Å². The average Bonchev–Trinajstić information content (AvgIpc) is 2.92. The molecule has 3 aliphatic carbocycles. The summed E-state index contributed by atoms with van der Waals surface area (Å²) in [6.45, 7) is 0.223. The summed E-state index contributed by atoms with van der Waals surface area (Å²) < 4.78 is 0. The molecule has 1 heterocycles. The fourth-order valence-corrected chi connectivity index (χ4v) is 6.33. The summed E-state index contributed by atoms with van der Waals surface area (Å²) in [4.78, 5) is 57.4. The first-order valence-corrected chi connectivity index (χ1v) is 13.3. The van der Waals surface area contributed by atoms with Crippen LogP contribution in [0.4, 0.5) is 5.69 Å². The predicted molar refractivity (Wildman–Crippen MR) is 163 cm³/mol. The summed E-state index contributed by atoms with van der Waals surface area (Å²) in [6, 6.07) is 7.36. The molecule has 0 bridgehead atoms. The van der Waals surface area contributed by atoms with Crippen LogP contribution in [-0.4, -0.2) is 86.0 Å². The Balaban J connectivity index is 0.00000264. The summed E-state index contributed by atoms with van der Waals surface area (Å²) >= 11 is 0. The molecule has 1 aromatic carbocycles. The van der Waals surface area contributed by atoms with Gasteiger partial charge in [-0.2, -0.15) is 0 Å². The van der Waals surface area contributed by atoms with Gasteiger partial charge in [0.15, 0.2) is 17.1 Å². The number of amides is 2. The maximum Gasteiger partial charge on any atom is 0.255 e. The lowest BCUT2D eigenvalue weighted by atomic mass is 9.58. The molecular formula is C29H33Cl2N5O8. The van der Waals surface area contributed by atoms with Crippen molar-refractivity contribution in [3.8, 4) is 5.75 Å². The third-order valence-electron chi connectivity index (χ3n) is 8.19. The van der Waals surface area contributed by atoms with E-state index in [1.807, 2.05) is 6.07 Å². The van der Waals surface area contributed by atoms with Gasteiger partial charge in [-0.05, 0) is 56.6 Å². The summed E-state index contributed by atoms with van der Waals surface area (Å²) in [5, 5.41) is 50.4. The number of hydrogen-bond acceptors (Lipinski definition) is 11. The van der Waals surface area contributed by atoms with Gasteiger partial charge in [0.05, 0.1) is 29.5 Å². The first-order valence-electron chi connectivity index (χ1n) is 13.3. The number of primary amides is 1. The van der Waals surface area contributed by atoms with Crippen molar-refractivity contribution < 1.29 is 39.6 Å². The van der Waals surface area contributed by atoms with Crippen LogP contribution >= 0.6 is 24.8 Å². The van der Waals surface area contributed by atoms with E-state index in [0.717, 1.165) is 5.69 Å². The number of aromatic nitrogens is 1. The van der Waals surface area contributed by atoms with Crippen molar-refractivity contribution in [1.82, 2.24) is 15.2 Å². The van der Waals surface area contributed by atoms with E-state index >= 15 is 0 Å². The summed E-state index contributed by atoms with van der Waals surface area (Å²) in [5.41, 5.74) is 2.44. The number of halogens is 2. The zero-order valence-corrected chi connectivity index (χ0v) is 25.4. The average molecular weight is 651 g/mol. The van der Waals surface area contributed by atoms with E-state index in [2.05, 4.69) is 15.6 Å². The van der Waals surface area contributed by atoms with E-state index < -0.39 is 69.7 Å². The monoisotopic (exact) mass is 649 g/mol. The fraction of sp³-hybridized carbons (Fsp3) is 0.345. The minimum Gasteiger partial charge on any atom is -0.510 e. The van der Waals surface area contributed by atoms with Gasteiger partial charge in [0.2, 0.25) is 11.7 Å². The summed E-state index contributed by atoms with van der Waals surface area (Å²) in [5.74, 6) is -7.80. The molecule has 4 atom stereocenters. The standard InChI is InChI=1S/C29H31N5O8.2ClH/c1-34(2)22-16-10-14-9-13-6-7-17(33-18(35)12-31-11-15-5-3-4-8-32-15)23(36)19(13)24(37)20(14)26(39)29(16,42)27(40)21(25(22)38)28(30)41;;/h3-8,14,16,22,31,36,38-39,42H,9-12H2,1-2H3,(H2,30,41)(H,33,35);2*1H/t14?,16?,22-,29?;;/m0../s1. The second kappa shape index (κ2) is 12.9. The molecule has 44 heavy (non-hydrogen) atoms. The Morgan fingerprint density at radius 3 is 2.43 bits per heavy atom. The maximum absolute atomic E-state index is 13.8. The Morgan fingerprint density at radius 1 is 1.11 bits per heavy atom. The number of carbonyl (C=O) groups excluding carboxylic acids is 4. The molecule has 13 nitrogen and oxygen atoms in total. The van der Waals surface area contributed by atoms with Crippen LogP contribution in [0.25, 0.3) is 0 Å². The smallest absolute Gasteiger partial charge is 0.255 e. The largest absolute Gasteiger partial charge is 0.510 e. The molecule has 2 amide bonds. The van der Waals surface area contributed by atoms with Gasteiger partial charge >= 0.3 is 0 Å². The van der Waals surface area contributed by atoms with Crippen molar-refractivity contribution in [3.63, 3.8) is 0 Å². The number of nitrogens with two attached hydrogens (primary N) is 1. The Labute approximate surface area is 264 Å².